The second kappa shape index (κ2) is 10.1. The smallest absolute Gasteiger partial charge is 0.223 e. The standard InChI is InChI=1S/C21H24N2O3.ClH/c1-26-20-10-6-5-9-17(20)18-15-22-13-14-23(18)21(25)12-11-19(24)16-7-3-2-4-8-16;/h2-10,18,22H,11-15H2,1H3;1H. The van der Waals surface area contributed by atoms with Crippen molar-refractivity contribution in [3.8, 4) is 5.75 Å². The van der Waals surface area contributed by atoms with Gasteiger partial charge in [-0.1, -0.05) is 48.5 Å². The van der Waals surface area contributed by atoms with Crippen molar-refractivity contribution in [3.63, 3.8) is 0 Å². The van der Waals surface area contributed by atoms with E-state index >= 15 is 0 Å². The topological polar surface area (TPSA) is 58.6 Å². The molecule has 1 atom stereocenters. The minimum atomic E-state index is -0.0840. The fourth-order valence-electron chi connectivity index (χ4n) is 3.35. The van der Waals surface area contributed by atoms with Crippen LogP contribution in [0, 0.1) is 0 Å². The number of benzene rings is 2. The zero-order valence-corrected chi connectivity index (χ0v) is 16.2. The quantitative estimate of drug-likeness (QED) is 0.772. The van der Waals surface area contributed by atoms with E-state index in [2.05, 4.69) is 5.32 Å². The average Bonchev–Trinajstić information content (AvgIpc) is 2.72. The van der Waals surface area contributed by atoms with Gasteiger partial charge in [-0.25, -0.2) is 0 Å². The number of rotatable bonds is 6. The fraction of sp³-hybridized carbons (Fsp3) is 0.333. The predicted octanol–water partition coefficient (Wildman–Crippen LogP) is 3.25. The normalized spacial score (nSPS) is 16.3. The van der Waals surface area contributed by atoms with Crippen molar-refractivity contribution in [1.29, 1.82) is 0 Å². The van der Waals surface area contributed by atoms with Gasteiger partial charge in [0.25, 0.3) is 0 Å². The molecule has 1 aliphatic rings. The van der Waals surface area contributed by atoms with Crippen molar-refractivity contribution in [3.05, 3.63) is 65.7 Å². The van der Waals surface area contributed by atoms with Crippen LogP contribution in [0.4, 0.5) is 0 Å². The van der Waals surface area contributed by atoms with Crippen LogP contribution >= 0.6 is 12.4 Å². The number of halogens is 1. The monoisotopic (exact) mass is 388 g/mol. The molecule has 2 aromatic carbocycles. The molecular formula is C21H25ClN2O3. The number of hydrogen-bond donors (Lipinski definition) is 1. The highest BCUT2D eigenvalue weighted by Crippen LogP contribution is 2.30. The maximum Gasteiger partial charge on any atom is 0.223 e. The molecule has 1 aliphatic heterocycles. The van der Waals surface area contributed by atoms with E-state index in [4.69, 9.17) is 4.74 Å². The van der Waals surface area contributed by atoms with Crippen molar-refractivity contribution in [2.45, 2.75) is 18.9 Å². The fourth-order valence-corrected chi connectivity index (χ4v) is 3.35. The van der Waals surface area contributed by atoms with Gasteiger partial charge >= 0.3 is 0 Å². The highest BCUT2D eigenvalue weighted by atomic mass is 35.5. The molecule has 1 N–H and O–H groups in total. The van der Waals surface area contributed by atoms with Gasteiger partial charge in [0.2, 0.25) is 5.91 Å². The molecule has 1 amide bonds. The molecule has 3 rings (SSSR count). The first-order valence-corrected chi connectivity index (χ1v) is 8.92. The van der Waals surface area contributed by atoms with E-state index in [1.165, 1.54) is 0 Å². The number of amides is 1. The first-order chi connectivity index (χ1) is 12.7. The summed E-state index contributed by atoms with van der Waals surface area (Å²) in [5.41, 5.74) is 1.65. The van der Waals surface area contributed by atoms with Crippen LogP contribution in [-0.4, -0.2) is 43.3 Å². The molecule has 0 radical (unpaired) electrons. The summed E-state index contributed by atoms with van der Waals surface area (Å²) in [7, 11) is 1.64. The van der Waals surface area contributed by atoms with Crippen LogP contribution in [0.15, 0.2) is 54.6 Å². The lowest BCUT2D eigenvalue weighted by Gasteiger charge is -2.37. The van der Waals surface area contributed by atoms with E-state index in [9.17, 15) is 9.59 Å². The predicted molar refractivity (Wildman–Crippen MR) is 108 cm³/mol. The average molecular weight is 389 g/mol. The molecule has 27 heavy (non-hydrogen) atoms. The maximum atomic E-state index is 12.8. The molecule has 1 saturated heterocycles. The molecule has 1 heterocycles. The second-order valence-corrected chi connectivity index (χ2v) is 6.34. The zero-order chi connectivity index (χ0) is 18.4. The lowest BCUT2D eigenvalue weighted by atomic mass is 10.0. The number of Topliss-reactive ketones (excluding diaryl/α,β-unsaturated/α-hetero) is 1. The number of nitrogens with one attached hydrogen (secondary N) is 1. The van der Waals surface area contributed by atoms with Crippen molar-refractivity contribution >= 4 is 24.1 Å². The van der Waals surface area contributed by atoms with Gasteiger partial charge in [-0.05, 0) is 6.07 Å². The van der Waals surface area contributed by atoms with Crippen LogP contribution in [0.25, 0.3) is 0 Å². The molecule has 1 fully saturated rings. The summed E-state index contributed by atoms with van der Waals surface area (Å²) >= 11 is 0. The number of nitrogens with zero attached hydrogens (tertiary/aromatic N) is 1. The Morgan fingerprint density at radius 3 is 2.52 bits per heavy atom. The van der Waals surface area contributed by atoms with Crippen LogP contribution in [0.5, 0.6) is 5.75 Å². The van der Waals surface area contributed by atoms with Crippen LogP contribution in [0.1, 0.15) is 34.8 Å². The lowest BCUT2D eigenvalue weighted by molar-refractivity contribution is -0.134. The van der Waals surface area contributed by atoms with Gasteiger partial charge in [-0.3, -0.25) is 9.59 Å². The van der Waals surface area contributed by atoms with Crippen molar-refractivity contribution in [2.75, 3.05) is 26.7 Å². The number of hydrogen-bond acceptors (Lipinski definition) is 4. The molecule has 1 unspecified atom stereocenters. The molecule has 144 valence electrons. The number of carbonyl (C=O) groups is 2. The summed E-state index contributed by atoms with van der Waals surface area (Å²) in [5, 5.41) is 3.34. The molecule has 5 nitrogen and oxygen atoms in total. The molecule has 0 bridgehead atoms. The molecule has 0 spiro atoms. The minimum Gasteiger partial charge on any atom is -0.496 e. The summed E-state index contributed by atoms with van der Waals surface area (Å²) in [6.45, 7) is 2.06. The van der Waals surface area contributed by atoms with Gasteiger partial charge in [0.1, 0.15) is 5.75 Å². The summed E-state index contributed by atoms with van der Waals surface area (Å²) in [4.78, 5) is 27.0. The highest BCUT2D eigenvalue weighted by molar-refractivity contribution is 5.97. The van der Waals surface area contributed by atoms with E-state index in [0.717, 1.165) is 17.9 Å². The van der Waals surface area contributed by atoms with Crippen LogP contribution in [-0.2, 0) is 4.79 Å². The number of carbonyl (C=O) groups excluding carboxylic acids is 2. The Morgan fingerprint density at radius 1 is 1.07 bits per heavy atom. The number of ether oxygens (including phenoxy) is 1. The molecular weight excluding hydrogens is 364 g/mol. The van der Waals surface area contributed by atoms with E-state index in [1.54, 1.807) is 19.2 Å². The molecule has 2 aromatic rings. The summed E-state index contributed by atoms with van der Waals surface area (Å²) in [6, 6.07) is 16.8. The Bertz CT molecular complexity index is 767. The zero-order valence-electron chi connectivity index (χ0n) is 15.4. The van der Waals surface area contributed by atoms with Crippen molar-refractivity contribution < 1.29 is 14.3 Å². The molecule has 0 aliphatic carbocycles. The van der Waals surface area contributed by atoms with Crippen molar-refractivity contribution in [2.24, 2.45) is 0 Å². The number of piperazine rings is 1. The summed E-state index contributed by atoms with van der Waals surface area (Å²) < 4.78 is 5.46. The number of para-hydroxylation sites is 1. The molecule has 0 saturated carbocycles. The third-order valence-corrected chi connectivity index (χ3v) is 4.72. The first kappa shape index (κ1) is 20.9. The Balaban J connectivity index is 0.00000261. The molecule has 6 heteroatoms. The number of methoxy groups -OCH3 is 1. The summed E-state index contributed by atoms with van der Waals surface area (Å²) in [5.74, 6) is 0.786. The van der Waals surface area contributed by atoms with E-state index in [-0.39, 0.29) is 43.0 Å². The minimum absolute atomic E-state index is 0. The van der Waals surface area contributed by atoms with Crippen LogP contribution in [0.2, 0.25) is 0 Å². The maximum absolute atomic E-state index is 12.8. The Kier molecular flexibility index (Phi) is 7.82. The molecule has 0 aromatic heterocycles. The summed E-state index contributed by atoms with van der Waals surface area (Å²) in [6.07, 6.45) is 0.449. The largest absolute Gasteiger partial charge is 0.496 e. The highest BCUT2D eigenvalue weighted by Gasteiger charge is 2.29. The third kappa shape index (κ3) is 5.08. The van der Waals surface area contributed by atoms with Gasteiger partial charge in [-0.2, -0.15) is 0 Å². The second-order valence-electron chi connectivity index (χ2n) is 6.34. The van der Waals surface area contributed by atoms with E-state index in [0.29, 0.717) is 18.7 Å². The number of ketones is 1. The Hall–Kier alpha value is -2.37. The van der Waals surface area contributed by atoms with Gasteiger partial charge in [-0.15, -0.1) is 12.4 Å². The third-order valence-electron chi connectivity index (χ3n) is 4.72. The van der Waals surface area contributed by atoms with E-state index < -0.39 is 0 Å². The van der Waals surface area contributed by atoms with Gasteiger partial charge in [0.15, 0.2) is 5.78 Å². The van der Waals surface area contributed by atoms with Crippen LogP contribution < -0.4 is 10.1 Å². The van der Waals surface area contributed by atoms with Gasteiger partial charge in [0, 0.05) is 43.6 Å². The SMILES string of the molecule is COc1ccccc1C1CNCCN1C(=O)CCC(=O)c1ccccc1.Cl. The Labute approximate surface area is 166 Å². The lowest BCUT2D eigenvalue weighted by Crippen LogP contribution is -2.48. The first-order valence-electron chi connectivity index (χ1n) is 8.92. The Morgan fingerprint density at radius 2 is 1.78 bits per heavy atom. The van der Waals surface area contributed by atoms with Gasteiger partial charge < -0.3 is 15.0 Å². The van der Waals surface area contributed by atoms with Crippen LogP contribution in [0.3, 0.4) is 0 Å². The van der Waals surface area contributed by atoms with Crippen molar-refractivity contribution in [1.82, 2.24) is 10.2 Å². The van der Waals surface area contributed by atoms with Gasteiger partial charge in [0.05, 0.1) is 13.2 Å². The van der Waals surface area contributed by atoms with E-state index in [1.807, 2.05) is 47.4 Å².